The van der Waals surface area contributed by atoms with Gasteiger partial charge < -0.3 is 20.7 Å². The zero-order chi connectivity index (χ0) is 17.7. The lowest BCUT2D eigenvalue weighted by Gasteiger charge is -2.26. The average molecular weight is 495 g/mol. The van der Waals surface area contributed by atoms with Crippen molar-refractivity contribution >= 4 is 47.2 Å². The predicted octanol–water partition coefficient (Wildman–Crippen LogP) is 1.37. The minimum atomic E-state index is -0.00507. The molecule has 1 aliphatic rings. The summed E-state index contributed by atoms with van der Waals surface area (Å²) >= 11 is 1.46. The van der Waals surface area contributed by atoms with Crippen LogP contribution in [0.1, 0.15) is 23.0 Å². The number of nitrogens with one attached hydrogen (secondary N) is 3. The molecule has 1 amide bonds. The highest BCUT2D eigenvalue weighted by Gasteiger charge is 2.09. The van der Waals surface area contributed by atoms with Crippen molar-refractivity contribution in [3.8, 4) is 0 Å². The highest BCUT2D eigenvalue weighted by atomic mass is 127. The zero-order valence-electron chi connectivity index (χ0n) is 15.3. The third-order valence-electron chi connectivity index (χ3n) is 3.80. The molecule has 148 valence electrons. The van der Waals surface area contributed by atoms with Gasteiger partial charge in [-0.3, -0.25) is 14.7 Å². The van der Waals surface area contributed by atoms with Crippen molar-refractivity contribution in [2.75, 3.05) is 59.0 Å². The van der Waals surface area contributed by atoms with E-state index in [1.165, 1.54) is 11.3 Å². The van der Waals surface area contributed by atoms with E-state index in [1.54, 1.807) is 0 Å². The largest absolute Gasteiger partial charge is 0.379 e. The Kier molecular flexibility index (Phi) is 12.6. The van der Waals surface area contributed by atoms with Crippen molar-refractivity contribution in [2.24, 2.45) is 4.99 Å². The van der Waals surface area contributed by atoms with Crippen molar-refractivity contribution in [1.29, 1.82) is 0 Å². The van der Waals surface area contributed by atoms with Crippen LogP contribution in [-0.2, 0) is 4.74 Å². The Morgan fingerprint density at radius 3 is 2.77 bits per heavy atom. The summed E-state index contributed by atoms with van der Waals surface area (Å²) in [6.07, 6.45) is 0.817. The number of nitrogens with zero attached hydrogens (tertiary/aromatic N) is 2. The highest BCUT2D eigenvalue weighted by Crippen LogP contribution is 2.07. The maximum atomic E-state index is 11.8. The SMILES string of the molecule is CCNC(=NCCCNC(=O)c1cccs1)NCCN1CCOCC1.I. The summed E-state index contributed by atoms with van der Waals surface area (Å²) in [5.41, 5.74) is 0. The van der Waals surface area contributed by atoms with Gasteiger partial charge >= 0.3 is 0 Å². The third kappa shape index (κ3) is 9.15. The molecule has 9 heteroatoms. The lowest BCUT2D eigenvalue weighted by atomic mass is 10.4. The first kappa shape index (κ1) is 23.1. The molecule has 26 heavy (non-hydrogen) atoms. The van der Waals surface area contributed by atoms with E-state index in [0.717, 1.165) is 63.2 Å². The second-order valence-corrected chi connectivity index (χ2v) is 6.68. The number of aliphatic imine (C=N–C) groups is 1. The molecule has 1 aliphatic heterocycles. The molecule has 0 saturated carbocycles. The molecule has 3 N–H and O–H groups in total. The van der Waals surface area contributed by atoms with Crippen molar-refractivity contribution in [1.82, 2.24) is 20.9 Å². The van der Waals surface area contributed by atoms with Gasteiger partial charge in [-0.1, -0.05) is 6.07 Å². The standard InChI is InChI=1S/C17H29N5O2S.HI/c1-2-18-17(21-8-9-22-10-12-24-13-11-22)20-7-4-6-19-16(23)15-5-3-14-25-15;/h3,5,14H,2,4,6-13H2,1H3,(H,19,23)(H2,18,20,21);1H. The van der Waals surface area contributed by atoms with Gasteiger partial charge in [-0.05, 0) is 24.8 Å². The van der Waals surface area contributed by atoms with E-state index in [1.807, 2.05) is 17.5 Å². The van der Waals surface area contributed by atoms with Gasteiger partial charge in [0.15, 0.2) is 5.96 Å². The molecule has 1 saturated heterocycles. The number of amides is 1. The maximum absolute atomic E-state index is 11.8. The minimum absolute atomic E-state index is 0. The number of hydrogen-bond acceptors (Lipinski definition) is 5. The average Bonchev–Trinajstić information content (AvgIpc) is 3.17. The highest BCUT2D eigenvalue weighted by molar-refractivity contribution is 14.0. The molecule has 0 atom stereocenters. The van der Waals surface area contributed by atoms with Crippen LogP contribution in [0.25, 0.3) is 0 Å². The van der Waals surface area contributed by atoms with E-state index in [0.29, 0.717) is 13.1 Å². The minimum Gasteiger partial charge on any atom is -0.379 e. The molecule has 0 spiro atoms. The molecule has 0 unspecified atom stereocenters. The van der Waals surface area contributed by atoms with Crippen molar-refractivity contribution in [3.63, 3.8) is 0 Å². The summed E-state index contributed by atoms with van der Waals surface area (Å²) in [5, 5.41) is 11.4. The third-order valence-corrected chi connectivity index (χ3v) is 4.67. The Hall–Kier alpha value is -0.910. The molecule has 0 aliphatic carbocycles. The summed E-state index contributed by atoms with van der Waals surface area (Å²) in [7, 11) is 0. The second-order valence-electron chi connectivity index (χ2n) is 5.73. The quantitative estimate of drug-likeness (QED) is 0.209. The number of rotatable bonds is 9. The maximum Gasteiger partial charge on any atom is 0.261 e. The number of halogens is 1. The summed E-state index contributed by atoms with van der Waals surface area (Å²) < 4.78 is 5.35. The number of ether oxygens (including phenoxy) is 1. The van der Waals surface area contributed by atoms with Crippen LogP contribution < -0.4 is 16.0 Å². The summed E-state index contributed by atoms with van der Waals surface area (Å²) in [6, 6.07) is 3.72. The van der Waals surface area contributed by atoms with Gasteiger partial charge in [0.2, 0.25) is 0 Å². The molecule has 1 aromatic rings. The Bertz CT molecular complexity index is 521. The van der Waals surface area contributed by atoms with Crippen molar-refractivity contribution in [2.45, 2.75) is 13.3 Å². The molecule has 0 bridgehead atoms. The predicted molar refractivity (Wildman–Crippen MR) is 118 cm³/mol. The van der Waals surface area contributed by atoms with Gasteiger partial charge in [0, 0.05) is 45.8 Å². The van der Waals surface area contributed by atoms with Gasteiger partial charge in [-0.2, -0.15) is 0 Å². The van der Waals surface area contributed by atoms with E-state index in [2.05, 4.69) is 32.8 Å². The van der Waals surface area contributed by atoms with Gasteiger partial charge in [-0.25, -0.2) is 0 Å². The molecule has 1 fully saturated rings. The Balaban J connectivity index is 0.00000338. The lowest BCUT2D eigenvalue weighted by molar-refractivity contribution is 0.0389. The molecule has 2 heterocycles. The van der Waals surface area contributed by atoms with Gasteiger partial charge in [0.1, 0.15) is 0 Å². The van der Waals surface area contributed by atoms with Crippen LogP contribution in [0.4, 0.5) is 0 Å². The van der Waals surface area contributed by atoms with Crippen LogP contribution in [0.3, 0.4) is 0 Å². The van der Waals surface area contributed by atoms with E-state index in [-0.39, 0.29) is 29.9 Å². The van der Waals surface area contributed by atoms with Crippen LogP contribution >= 0.6 is 35.3 Å². The summed E-state index contributed by atoms with van der Waals surface area (Å²) in [6.45, 7) is 9.70. The zero-order valence-corrected chi connectivity index (χ0v) is 18.5. The molecular weight excluding hydrogens is 465 g/mol. The number of thiophene rings is 1. The Labute approximate surface area is 177 Å². The van der Waals surface area contributed by atoms with E-state index >= 15 is 0 Å². The second kappa shape index (κ2) is 14.2. The fraction of sp³-hybridized carbons (Fsp3) is 0.647. The van der Waals surface area contributed by atoms with E-state index < -0.39 is 0 Å². The normalized spacial score (nSPS) is 15.2. The number of hydrogen-bond donors (Lipinski definition) is 3. The van der Waals surface area contributed by atoms with Crippen LogP contribution in [0, 0.1) is 0 Å². The fourth-order valence-corrected chi connectivity index (χ4v) is 3.11. The van der Waals surface area contributed by atoms with Gasteiger partial charge in [-0.15, -0.1) is 35.3 Å². The van der Waals surface area contributed by atoms with Crippen LogP contribution in [0.15, 0.2) is 22.5 Å². The topological polar surface area (TPSA) is 78.0 Å². The van der Waals surface area contributed by atoms with E-state index in [4.69, 9.17) is 4.74 Å². The first-order chi connectivity index (χ1) is 12.3. The monoisotopic (exact) mass is 495 g/mol. The van der Waals surface area contributed by atoms with Crippen LogP contribution in [0.5, 0.6) is 0 Å². The van der Waals surface area contributed by atoms with E-state index in [9.17, 15) is 4.79 Å². The fourth-order valence-electron chi connectivity index (χ4n) is 2.47. The molecule has 0 radical (unpaired) electrons. The van der Waals surface area contributed by atoms with Crippen LogP contribution in [0.2, 0.25) is 0 Å². The summed E-state index contributed by atoms with van der Waals surface area (Å²) in [5.74, 6) is 0.829. The Morgan fingerprint density at radius 1 is 1.27 bits per heavy atom. The Morgan fingerprint density at radius 2 is 2.08 bits per heavy atom. The molecule has 1 aromatic heterocycles. The van der Waals surface area contributed by atoms with Crippen molar-refractivity contribution in [3.05, 3.63) is 22.4 Å². The first-order valence-electron chi connectivity index (χ1n) is 8.93. The number of morpholine rings is 1. The smallest absolute Gasteiger partial charge is 0.261 e. The molecule has 7 nitrogen and oxygen atoms in total. The summed E-state index contributed by atoms with van der Waals surface area (Å²) in [4.78, 5) is 19.5. The molecular formula is C17H30IN5O2S. The lowest BCUT2D eigenvalue weighted by Crippen LogP contribution is -2.44. The number of carbonyl (C=O) groups excluding carboxylic acids is 1. The molecule has 2 rings (SSSR count). The number of guanidine groups is 1. The van der Waals surface area contributed by atoms with Crippen LogP contribution in [-0.4, -0.2) is 75.8 Å². The number of carbonyl (C=O) groups is 1. The molecule has 0 aromatic carbocycles. The van der Waals surface area contributed by atoms with Crippen molar-refractivity contribution < 1.29 is 9.53 Å². The van der Waals surface area contributed by atoms with Gasteiger partial charge in [0.25, 0.3) is 5.91 Å². The van der Waals surface area contributed by atoms with Gasteiger partial charge in [0.05, 0.1) is 18.1 Å². The first-order valence-corrected chi connectivity index (χ1v) is 9.81.